The largest absolute Gasteiger partial charge is 0.478 e. The van der Waals surface area contributed by atoms with Gasteiger partial charge in [0.25, 0.3) is 5.91 Å². The van der Waals surface area contributed by atoms with Crippen LogP contribution in [0.5, 0.6) is 5.88 Å². The first-order valence-corrected chi connectivity index (χ1v) is 8.75. The number of amides is 1. The van der Waals surface area contributed by atoms with Gasteiger partial charge in [0.1, 0.15) is 11.7 Å². The van der Waals surface area contributed by atoms with Crippen molar-refractivity contribution in [3.05, 3.63) is 48.2 Å². The van der Waals surface area contributed by atoms with Crippen LogP contribution in [0.4, 0.5) is 0 Å². The third-order valence-corrected chi connectivity index (χ3v) is 4.13. The number of carbonyl (C=O) groups is 3. The Bertz CT molecular complexity index is 753. The molecule has 0 saturated carbocycles. The van der Waals surface area contributed by atoms with E-state index in [1.165, 1.54) is 0 Å². The number of rotatable bonds is 5. The van der Waals surface area contributed by atoms with Gasteiger partial charge in [0.15, 0.2) is 0 Å². The SMILES string of the molecule is CN1CC(CCN2CC=CC2)Oc2ncccc2C1=O.O=C(O)C=CC(=O)O. The van der Waals surface area contributed by atoms with Crippen LogP contribution in [-0.4, -0.2) is 82.2 Å². The maximum absolute atomic E-state index is 12.2. The number of pyridine rings is 1. The number of carbonyl (C=O) groups excluding carboxylic acids is 1. The molecule has 28 heavy (non-hydrogen) atoms. The quantitative estimate of drug-likeness (QED) is 0.563. The van der Waals surface area contributed by atoms with E-state index < -0.39 is 11.9 Å². The minimum Gasteiger partial charge on any atom is -0.478 e. The first kappa shape index (κ1) is 21.1. The lowest BCUT2D eigenvalue weighted by Gasteiger charge is -2.22. The number of hydrogen-bond acceptors (Lipinski definition) is 6. The second-order valence-electron chi connectivity index (χ2n) is 6.31. The van der Waals surface area contributed by atoms with E-state index in [0.29, 0.717) is 30.1 Å². The van der Waals surface area contributed by atoms with Gasteiger partial charge in [0, 0.05) is 45.0 Å². The predicted molar refractivity (Wildman–Crippen MR) is 100 cm³/mol. The van der Waals surface area contributed by atoms with Crippen molar-refractivity contribution in [2.24, 2.45) is 0 Å². The molecule has 9 nitrogen and oxygen atoms in total. The molecule has 9 heteroatoms. The van der Waals surface area contributed by atoms with Crippen molar-refractivity contribution >= 4 is 17.8 Å². The van der Waals surface area contributed by atoms with Gasteiger partial charge < -0.3 is 19.8 Å². The van der Waals surface area contributed by atoms with Gasteiger partial charge in [-0.15, -0.1) is 0 Å². The zero-order valence-corrected chi connectivity index (χ0v) is 15.5. The summed E-state index contributed by atoms with van der Waals surface area (Å²) < 4.78 is 5.94. The van der Waals surface area contributed by atoms with Crippen LogP contribution in [0.1, 0.15) is 16.8 Å². The molecule has 1 aromatic rings. The topological polar surface area (TPSA) is 120 Å². The molecule has 0 fully saturated rings. The highest BCUT2D eigenvalue weighted by atomic mass is 16.5. The molecular weight excluding hydrogens is 366 g/mol. The van der Waals surface area contributed by atoms with Crippen LogP contribution in [0.25, 0.3) is 0 Å². The summed E-state index contributed by atoms with van der Waals surface area (Å²) in [6, 6.07) is 3.54. The molecule has 3 rings (SSSR count). The molecule has 2 N–H and O–H groups in total. The molecule has 1 atom stereocenters. The molecule has 0 aliphatic carbocycles. The Balaban J connectivity index is 0.000000300. The smallest absolute Gasteiger partial charge is 0.328 e. The number of likely N-dealkylation sites (N-methyl/N-ethyl adjacent to an activating group) is 1. The van der Waals surface area contributed by atoms with Gasteiger partial charge in [-0.25, -0.2) is 14.6 Å². The van der Waals surface area contributed by atoms with E-state index in [4.69, 9.17) is 14.9 Å². The van der Waals surface area contributed by atoms with E-state index in [1.807, 2.05) is 7.05 Å². The number of nitrogens with zero attached hydrogens (tertiary/aromatic N) is 3. The summed E-state index contributed by atoms with van der Waals surface area (Å²) in [6.07, 6.45) is 8.04. The summed E-state index contributed by atoms with van der Waals surface area (Å²) in [5.41, 5.74) is 0.556. The minimum atomic E-state index is -1.26. The first-order valence-electron chi connectivity index (χ1n) is 8.75. The van der Waals surface area contributed by atoms with Gasteiger partial charge in [0.05, 0.1) is 6.54 Å². The molecule has 2 aliphatic heterocycles. The number of aliphatic carboxylic acids is 2. The molecule has 0 radical (unpaired) electrons. The van der Waals surface area contributed by atoms with Gasteiger partial charge >= 0.3 is 11.9 Å². The number of carboxylic acid groups (broad SMARTS) is 2. The minimum absolute atomic E-state index is 0.000648. The standard InChI is InChI=1S/C15H19N3O2.C4H4O4/c1-17-11-12(6-10-18-8-2-3-9-18)20-14-13(15(17)19)5-4-7-16-14;5-3(6)1-2-4(7)8/h2-5,7,12H,6,8-11H2,1H3;1-2H,(H,5,6)(H,7,8). The van der Waals surface area contributed by atoms with E-state index in [-0.39, 0.29) is 12.0 Å². The van der Waals surface area contributed by atoms with Crippen LogP contribution in [-0.2, 0) is 9.59 Å². The van der Waals surface area contributed by atoms with Crippen LogP contribution >= 0.6 is 0 Å². The zero-order valence-electron chi connectivity index (χ0n) is 15.5. The lowest BCUT2D eigenvalue weighted by atomic mass is 10.2. The molecule has 1 unspecified atom stereocenters. The zero-order chi connectivity index (χ0) is 20.5. The van der Waals surface area contributed by atoms with Gasteiger partial charge in [-0.2, -0.15) is 0 Å². The van der Waals surface area contributed by atoms with Crippen molar-refractivity contribution in [3.63, 3.8) is 0 Å². The fourth-order valence-electron chi connectivity index (χ4n) is 2.76. The second kappa shape index (κ2) is 10.2. The van der Waals surface area contributed by atoms with E-state index in [1.54, 1.807) is 23.2 Å². The van der Waals surface area contributed by atoms with E-state index >= 15 is 0 Å². The highest BCUT2D eigenvalue weighted by Crippen LogP contribution is 2.22. The number of aromatic nitrogens is 1. The average Bonchev–Trinajstić information content (AvgIpc) is 3.14. The summed E-state index contributed by atoms with van der Waals surface area (Å²) in [6.45, 7) is 3.60. The molecule has 1 amide bonds. The molecule has 0 bridgehead atoms. The summed E-state index contributed by atoms with van der Waals surface area (Å²) in [4.78, 5) is 39.6. The fraction of sp³-hybridized carbons (Fsp3) is 0.368. The van der Waals surface area contributed by atoms with Crippen molar-refractivity contribution in [3.8, 4) is 5.88 Å². The van der Waals surface area contributed by atoms with Crippen LogP contribution in [0.15, 0.2) is 42.6 Å². The lowest BCUT2D eigenvalue weighted by molar-refractivity contribution is -0.134. The normalized spacial score (nSPS) is 18.8. The summed E-state index contributed by atoms with van der Waals surface area (Å²) in [5, 5.41) is 15.6. The van der Waals surface area contributed by atoms with Crippen molar-refractivity contribution in [2.75, 3.05) is 33.2 Å². The van der Waals surface area contributed by atoms with Crippen molar-refractivity contribution in [1.29, 1.82) is 0 Å². The Morgan fingerprint density at radius 1 is 1.25 bits per heavy atom. The third kappa shape index (κ3) is 6.51. The number of fused-ring (bicyclic) bond motifs is 1. The Morgan fingerprint density at radius 2 is 1.89 bits per heavy atom. The molecule has 1 aromatic heterocycles. The van der Waals surface area contributed by atoms with Gasteiger partial charge in [-0.1, -0.05) is 12.2 Å². The van der Waals surface area contributed by atoms with Crippen LogP contribution in [0, 0.1) is 0 Å². The predicted octanol–water partition coefficient (Wildman–Crippen LogP) is 0.888. The van der Waals surface area contributed by atoms with E-state index in [2.05, 4.69) is 22.0 Å². The molecule has 0 saturated heterocycles. The maximum atomic E-state index is 12.2. The van der Waals surface area contributed by atoms with Crippen LogP contribution in [0.2, 0.25) is 0 Å². The van der Waals surface area contributed by atoms with Gasteiger partial charge in [-0.05, 0) is 18.6 Å². The highest BCUT2D eigenvalue weighted by molar-refractivity contribution is 5.96. The van der Waals surface area contributed by atoms with Crippen LogP contribution in [0.3, 0.4) is 0 Å². The van der Waals surface area contributed by atoms with E-state index in [9.17, 15) is 14.4 Å². The molecule has 2 aliphatic rings. The van der Waals surface area contributed by atoms with Crippen molar-refractivity contribution in [2.45, 2.75) is 12.5 Å². The molecular formula is C19H23N3O6. The maximum Gasteiger partial charge on any atom is 0.328 e. The second-order valence-corrected chi connectivity index (χ2v) is 6.31. The van der Waals surface area contributed by atoms with E-state index in [0.717, 1.165) is 26.1 Å². The molecule has 0 aromatic carbocycles. The summed E-state index contributed by atoms with van der Waals surface area (Å²) in [5.74, 6) is -2.07. The third-order valence-electron chi connectivity index (χ3n) is 4.13. The monoisotopic (exact) mass is 389 g/mol. The Kier molecular flexibility index (Phi) is 7.70. The summed E-state index contributed by atoms with van der Waals surface area (Å²) >= 11 is 0. The summed E-state index contributed by atoms with van der Waals surface area (Å²) in [7, 11) is 1.82. The number of hydrogen-bond donors (Lipinski definition) is 2. The Labute approximate surface area is 162 Å². The Morgan fingerprint density at radius 3 is 2.50 bits per heavy atom. The molecule has 0 spiro atoms. The molecule has 150 valence electrons. The van der Waals surface area contributed by atoms with Gasteiger partial charge in [0.2, 0.25) is 5.88 Å². The number of carboxylic acids is 2. The average molecular weight is 389 g/mol. The first-order chi connectivity index (χ1) is 13.4. The fourth-order valence-corrected chi connectivity index (χ4v) is 2.76. The van der Waals surface area contributed by atoms with Crippen LogP contribution < -0.4 is 4.74 Å². The Hall–Kier alpha value is -3.20. The highest BCUT2D eigenvalue weighted by Gasteiger charge is 2.27. The molecule has 3 heterocycles. The van der Waals surface area contributed by atoms with Gasteiger partial charge in [-0.3, -0.25) is 9.69 Å². The number of ether oxygens (including phenoxy) is 1. The van der Waals surface area contributed by atoms with Crippen molar-refractivity contribution in [1.82, 2.24) is 14.8 Å². The van der Waals surface area contributed by atoms with Crippen molar-refractivity contribution < 1.29 is 29.3 Å². The lowest BCUT2D eigenvalue weighted by Crippen LogP contribution is -2.36.